The van der Waals surface area contributed by atoms with Crippen LogP contribution in [0.25, 0.3) is 0 Å². The molecule has 0 fully saturated rings. The van der Waals surface area contributed by atoms with Crippen LogP contribution in [-0.4, -0.2) is 44.1 Å². The second kappa shape index (κ2) is 7.76. The Bertz CT molecular complexity index is 168. The smallest absolute Gasteiger partial charge is 0.0658 e. The van der Waals surface area contributed by atoms with E-state index in [1.54, 1.807) is 6.08 Å². The largest absolute Gasteiger partial charge is 0.378 e. The van der Waals surface area contributed by atoms with Gasteiger partial charge in [-0.2, -0.15) is 5.10 Å². The molecule has 76 valence electrons. The molecule has 0 aromatic carbocycles. The zero-order chi connectivity index (χ0) is 10.1. The molecule has 0 aromatic heterocycles. The lowest BCUT2D eigenvalue weighted by Gasteiger charge is -2.13. The lowest BCUT2D eigenvalue weighted by molar-refractivity contribution is 0.118. The van der Waals surface area contributed by atoms with Crippen molar-refractivity contribution in [3.05, 3.63) is 12.7 Å². The SMILES string of the molecule is C=C/C(C)=N\N(C)CCOCCN. The Hall–Kier alpha value is -0.870. The zero-order valence-electron chi connectivity index (χ0n) is 8.49. The fourth-order valence-corrected chi connectivity index (χ4v) is 0.742. The first kappa shape index (κ1) is 12.1. The van der Waals surface area contributed by atoms with E-state index in [1.807, 2.05) is 19.0 Å². The zero-order valence-corrected chi connectivity index (χ0v) is 8.49. The normalized spacial score (nSPS) is 11.5. The topological polar surface area (TPSA) is 50.8 Å². The standard InChI is InChI=1S/C9H19N3O/c1-4-9(2)11-12(3)6-8-13-7-5-10/h4H,1,5-8,10H2,2-3H3/b11-9-. The molecule has 2 N–H and O–H groups in total. The minimum absolute atomic E-state index is 0.568. The summed E-state index contributed by atoms with van der Waals surface area (Å²) in [5.74, 6) is 0. The summed E-state index contributed by atoms with van der Waals surface area (Å²) >= 11 is 0. The number of likely N-dealkylation sites (N-methyl/N-ethyl adjacent to an activating group) is 1. The predicted molar refractivity (Wildman–Crippen MR) is 55.8 cm³/mol. The van der Waals surface area contributed by atoms with Crippen molar-refractivity contribution < 1.29 is 4.74 Å². The van der Waals surface area contributed by atoms with E-state index in [0.717, 1.165) is 12.3 Å². The third-order valence-corrected chi connectivity index (χ3v) is 1.45. The van der Waals surface area contributed by atoms with Gasteiger partial charge >= 0.3 is 0 Å². The van der Waals surface area contributed by atoms with Gasteiger partial charge in [0.25, 0.3) is 0 Å². The van der Waals surface area contributed by atoms with Gasteiger partial charge < -0.3 is 10.5 Å². The number of allylic oxidation sites excluding steroid dienone is 1. The molecule has 0 spiro atoms. The quantitative estimate of drug-likeness (QED) is 0.356. The minimum Gasteiger partial charge on any atom is -0.378 e. The molecular weight excluding hydrogens is 166 g/mol. The molecule has 0 bridgehead atoms. The Balaban J connectivity index is 3.50. The van der Waals surface area contributed by atoms with E-state index in [9.17, 15) is 0 Å². The number of rotatable bonds is 7. The maximum Gasteiger partial charge on any atom is 0.0658 e. The monoisotopic (exact) mass is 185 g/mol. The first-order valence-corrected chi connectivity index (χ1v) is 4.37. The third kappa shape index (κ3) is 7.49. The molecule has 0 heterocycles. The Morgan fingerprint density at radius 3 is 2.85 bits per heavy atom. The van der Waals surface area contributed by atoms with E-state index in [0.29, 0.717) is 19.8 Å². The van der Waals surface area contributed by atoms with Crippen LogP contribution in [0, 0.1) is 0 Å². The first-order valence-electron chi connectivity index (χ1n) is 4.37. The van der Waals surface area contributed by atoms with E-state index in [2.05, 4.69) is 11.7 Å². The molecule has 0 unspecified atom stereocenters. The highest BCUT2D eigenvalue weighted by Gasteiger charge is 1.93. The van der Waals surface area contributed by atoms with Crippen molar-refractivity contribution in [2.24, 2.45) is 10.8 Å². The Kier molecular flexibility index (Phi) is 7.24. The second-order valence-electron chi connectivity index (χ2n) is 2.73. The highest BCUT2D eigenvalue weighted by Crippen LogP contribution is 1.87. The summed E-state index contributed by atoms with van der Waals surface area (Å²) in [5.41, 5.74) is 6.17. The minimum atomic E-state index is 0.568. The highest BCUT2D eigenvalue weighted by molar-refractivity contribution is 5.91. The number of nitrogens with zero attached hydrogens (tertiary/aromatic N) is 2. The van der Waals surface area contributed by atoms with Crippen molar-refractivity contribution in [2.45, 2.75) is 6.92 Å². The molecule has 0 aliphatic rings. The Morgan fingerprint density at radius 2 is 2.31 bits per heavy atom. The van der Waals surface area contributed by atoms with Gasteiger partial charge in [0.15, 0.2) is 0 Å². The van der Waals surface area contributed by atoms with Crippen molar-refractivity contribution in [2.75, 3.05) is 33.4 Å². The summed E-state index contributed by atoms with van der Waals surface area (Å²) in [4.78, 5) is 0. The average Bonchev–Trinajstić information content (AvgIpc) is 2.12. The molecule has 0 radical (unpaired) electrons. The van der Waals surface area contributed by atoms with Crippen LogP contribution in [-0.2, 0) is 4.74 Å². The highest BCUT2D eigenvalue weighted by atomic mass is 16.5. The van der Waals surface area contributed by atoms with Gasteiger partial charge in [0, 0.05) is 13.6 Å². The second-order valence-corrected chi connectivity index (χ2v) is 2.73. The maximum absolute atomic E-state index is 5.27. The van der Waals surface area contributed by atoms with E-state index < -0.39 is 0 Å². The molecule has 0 atom stereocenters. The number of hydrazone groups is 1. The first-order chi connectivity index (χ1) is 6.20. The summed E-state index contributed by atoms with van der Waals surface area (Å²) in [6, 6.07) is 0. The fraction of sp³-hybridized carbons (Fsp3) is 0.667. The molecular formula is C9H19N3O. The number of hydrogen-bond donors (Lipinski definition) is 1. The van der Waals surface area contributed by atoms with E-state index in [4.69, 9.17) is 10.5 Å². The fourth-order valence-electron chi connectivity index (χ4n) is 0.742. The van der Waals surface area contributed by atoms with Crippen molar-refractivity contribution in [3.63, 3.8) is 0 Å². The molecule has 4 heteroatoms. The number of hydrogen-bond acceptors (Lipinski definition) is 4. The van der Waals surface area contributed by atoms with Crippen LogP contribution in [0.4, 0.5) is 0 Å². The van der Waals surface area contributed by atoms with Crippen molar-refractivity contribution in [1.29, 1.82) is 0 Å². The van der Waals surface area contributed by atoms with Crippen LogP contribution in [0.3, 0.4) is 0 Å². The van der Waals surface area contributed by atoms with Crippen LogP contribution < -0.4 is 5.73 Å². The lowest BCUT2D eigenvalue weighted by Crippen LogP contribution is -2.20. The van der Waals surface area contributed by atoms with Gasteiger partial charge in [-0.05, 0) is 13.0 Å². The maximum atomic E-state index is 5.27. The molecule has 0 saturated heterocycles. The summed E-state index contributed by atoms with van der Waals surface area (Å²) < 4.78 is 5.21. The summed E-state index contributed by atoms with van der Waals surface area (Å²) in [7, 11) is 1.90. The third-order valence-electron chi connectivity index (χ3n) is 1.45. The Morgan fingerprint density at radius 1 is 1.62 bits per heavy atom. The molecule has 4 nitrogen and oxygen atoms in total. The lowest BCUT2D eigenvalue weighted by atomic mass is 10.4. The van der Waals surface area contributed by atoms with Crippen molar-refractivity contribution in [1.82, 2.24) is 5.01 Å². The molecule has 13 heavy (non-hydrogen) atoms. The number of nitrogens with two attached hydrogens (primary N) is 1. The Labute approximate surface area is 80.0 Å². The van der Waals surface area contributed by atoms with Crippen LogP contribution in [0.15, 0.2) is 17.8 Å². The van der Waals surface area contributed by atoms with Gasteiger partial charge in [0.2, 0.25) is 0 Å². The molecule has 0 aliphatic carbocycles. The van der Waals surface area contributed by atoms with E-state index in [1.165, 1.54) is 0 Å². The van der Waals surface area contributed by atoms with E-state index >= 15 is 0 Å². The predicted octanol–water partition coefficient (Wildman–Crippen LogP) is 0.455. The van der Waals surface area contributed by atoms with Gasteiger partial charge in [0.05, 0.1) is 25.5 Å². The molecule has 0 aliphatic heterocycles. The van der Waals surface area contributed by atoms with Crippen LogP contribution >= 0.6 is 0 Å². The summed E-state index contributed by atoms with van der Waals surface area (Å²) in [6.45, 7) is 8.13. The number of ether oxygens (including phenoxy) is 1. The van der Waals surface area contributed by atoms with Crippen LogP contribution in [0.5, 0.6) is 0 Å². The van der Waals surface area contributed by atoms with Gasteiger partial charge in [-0.25, -0.2) is 0 Å². The average molecular weight is 185 g/mol. The van der Waals surface area contributed by atoms with Crippen LogP contribution in [0.1, 0.15) is 6.92 Å². The molecule has 0 aromatic rings. The molecule has 0 amide bonds. The van der Waals surface area contributed by atoms with Gasteiger partial charge in [-0.15, -0.1) is 0 Å². The van der Waals surface area contributed by atoms with Gasteiger partial charge in [0.1, 0.15) is 0 Å². The van der Waals surface area contributed by atoms with E-state index in [-0.39, 0.29) is 0 Å². The summed E-state index contributed by atoms with van der Waals surface area (Å²) in [5, 5.41) is 6.04. The molecule has 0 saturated carbocycles. The van der Waals surface area contributed by atoms with Crippen LogP contribution in [0.2, 0.25) is 0 Å². The summed E-state index contributed by atoms with van der Waals surface area (Å²) in [6.07, 6.45) is 1.72. The van der Waals surface area contributed by atoms with Gasteiger partial charge in [-0.1, -0.05) is 6.58 Å². The van der Waals surface area contributed by atoms with Gasteiger partial charge in [-0.3, -0.25) is 5.01 Å². The molecule has 0 rings (SSSR count). The van der Waals surface area contributed by atoms with Crippen molar-refractivity contribution >= 4 is 5.71 Å². The van der Waals surface area contributed by atoms with Crippen molar-refractivity contribution in [3.8, 4) is 0 Å².